The molecule has 1 atom stereocenters. The molecule has 1 unspecified atom stereocenters. The summed E-state index contributed by atoms with van der Waals surface area (Å²) in [5.74, 6) is -0.549. The first kappa shape index (κ1) is 16.1. The molecule has 106 valence electrons. The topological polar surface area (TPSA) is 26.3 Å². The highest BCUT2D eigenvalue weighted by Gasteiger charge is 2.31. The Labute approximate surface area is 118 Å². The largest absolute Gasteiger partial charge is 0.370 e. The third-order valence-electron chi connectivity index (χ3n) is 2.77. The van der Waals surface area contributed by atoms with Gasteiger partial charge in [-0.05, 0) is 30.0 Å². The van der Waals surface area contributed by atoms with E-state index in [-0.39, 0.29) is 22.6 Å². The van der Waals surface area contributed by atoms with Crippen molar-refractivity contribution in [2.75, 3.05) is 6.61 Å². The van der Waals surface area contributed by atoms with Gasteiger partial charge in [-0.1, -0.05) is 38.4 Å². The standard InChI is InChI=1S/C15H20ClFO2/c1-5-19-14(15(2,3)4)13(18)9-10-6-7-11(16)12(17)8-10/h6-8,14H,5,9H2,1-4H3. The number of carbonyl (C=O) groups excluding carboxylic acids is 1. The molecule has 0 aromatic heterocycles. The van der Waals surface area contributed by atoms with Crippen molar-refractivity contribution in [3.63, 3.8) is 0 Å². The predicted molar refractivity (Wildman–Crippen MR) is 75.0 cm³/mol. The van der Waals surface area contributed by atoms with Crippen LogP contribution in [0.25, 0.3) is 0 Å². The van der Waals surface area contributed by atoms with Gasteiger partial charge in [0.2, 0.25) is 0 Å². The van der Waals surface area contributed by atoms with Gasteiger partial charge < -0.3 is 4.74 Å². The van der Waals surface area contributed by atoms with Crippen LogP contribution >= 0.6 is 11.6 Å². The van der Waals surface area contributed by atoms with Crippen LogP contribution in [0.1, 0.15) is 33.3 Å². The molecule has 19 heavy (non-hydrogen) atoms. The van der Waals surface area contributed by atoms with Gasteiger partial charge >= 0.3 is 0 Å². The van der Waals surface area contributed by atoms with Gasteiger partial charge in [0.15, 0.2) is 5.78 Å². The Balaban J connectivity index is 2.84. The Bertz CT molecular complexity index is 452. The lowest BCUT2D eigenvalue weighted by Gasteiger charge is -2.29. The molecule has 0 bridgehead atoms. The summed E-state index contributed by atoms with van der Waals surface area (Å²) in [5.41, 5.74) is 0.332. The summed E-state index contributed by atoms with van der Waals surface area (Å²) >= 11 is 5.62. The minimum absolute atomic E-state index is 0.0453. The van der Waals surface area contributed by atoms with E-state index in [2.05, 4.69) is 0 Å². The molecule has 0 saturated carbocycles. The molecule has 0 aliphatic heterocycles. The normalized spacial score (nSPS) is 13.4. The maximum atomic E-state index is 13.3. The van der Waals surface area contributed by atoms with Crippen molar-refractivity contribution in [1.29, 1.82) is 0 Å². The Morgan fingerprint density at radius 3 is 2.53 bits per heavy atom. The van der Waals surface area contributed by atoms with Crippen molar-refractivity contribution in [1.82, 2.24) is 0 Å². The summed E-state index contributed by atoms with van der Waals surface area (Å²) in [7, 11) is 0. The van der Waals surface area contributed by atoms with Crippen LogP contribution in [0.2, 0.25) is 5.02 Å². The molecule has 1 rings (SSSR count). The number of hydrogen-bond acceptors (Lipinski definition) is 2. The average molecular weight is 287 g/mol. The second kappa shape index (κ2) is 6.49. The third-order valence-corrected chi connectivity index (χ3v) is 3.08. The predicted octanol–water partition coefficient (Wildman–Crippen LogP) is 4.04. The van der Waals surface area contributed by atoms with Crippen LogP contribution in [-0.4, -0.2) is 18.5 Å². The molecule has 4 heteroatoms. The Morgan fingerprint density at radius 2 is 2.05 bits per heavy atom. The molecule has 0 aliphatic rings. The lowest BCUT2D eigenvalue weighted by Crippen LogP contribution is -2.38. The fraction of sp³-hybridized carbons (Fsp3) is 0.533. The van der Waals surface area contributed by atoms with Gasteiger partial charge in [-0.3, -0.25) is 4.79 Å². The van der Waals surface area contributed by atoms with Crippen LogP contribution in [0, 0.1) is 11.2 Å². The number of Topliss-reactive ketones (excluding diaryl/α,β-unsaturated/α-hetero) is 1. The summed E-state index contributed by atoms with van der Waals surface area (Å²) in [6.45, 7) is 8.19. The molecular formula is C15H20ClFO2. The lowest BCUT2D eigenvalue weighted by molar-refractivity contribution is -0.136. The second-order valence-electron chi connectivity index (χ2n) is 5.59. The summed E-state index contributed by atoms with van der Waals surface area (Å²) in [4.78, 5) is 12.3. The summed E-state index contributed by atoms with van der Waals surface area (Å²) in [6, 6.07) is 4.42. The smallest absolute Gasteiger partial charge is 0.166 e. The number of carbonyl (C=O) groups is 1. The first-order chi connectivity index (χ1) is 8.75. The van der Waals surface area contributed by atoms with E-state index >= 15 is 0 Å². The number of hydrogen-bond donors (Lipinski definition) is 0. The SMILES string of the molecule is CCOC(C(=O)Cc1ccc(Cl)c(F)c1)C(C)(C)C. The fourth-order valence-electron chi connectivity index (χ4n) is 1.94. The molecule has 2 nitrogen and oxygen atoms in total. The monoisotopic (exact) mass is 286 g/mol. The van der Waals surface area contributed by atoms with Crippen LogP contribution in [0.5, 0.6) is 0 Å². The number of benzene rings is 1. The molecule has 0 saturated heterocycles. The number of rotatable bonds is 5. The minimum atomic E-state index is -0.504. The van der Waals surface area contributed by atoms with Gasteiger partial charge in [-0.2, -0.15) is 0 Å². The third kappa shape index (κ3) is 4.59. The highest BCUT2D eigenvalue weighted by atomic mass is 35.5. The van der Waals surface area contributed by atoms with Crippen LogP contribution < -0.4 is 0 Å². The summed E-state index contributed by atoms with van der Waals surface area (Å²) < 4.78 is 18.9. The van der Waals surface area contributed by atoms with Gasteiger partial charge in [0.05, 0.1) is 5.02 Å². The average Bonchev–Trinajstić information content (AvgIpc) is 2.29. The molecular weight excluding hydrogens is 267 g/mol. The van der Waals surface area contributed by atoms with E-state index in [1.165, 1.54) is 12.1 Å². The number of halogens is 2. The quantitative estimate of drug-likeness (QED) is 0.816. The molecule has 0 radical (unpaired) electrons. The zero-order valence-corrected chi connectivity index (χ0v) is 12.6. The molecule has 0 spiro atoms. The Hall–Kier alpha value is -0.930. The van der Waals surface area contributed by atoms with Gasteiger partial charge in [0, 0.05) is 13.0 Å². The molecule has 0 N–H and O–H groups in total. The van der Waals surface area contributed by atoms with E-state index in [0.29, 0.717) is 12.2 Å². The molecule has 0 amide bonds. The van der Waals surface area contributed by atoms with Crippen LogP contribution in [-0.2, 0) is 16.0 Å². The van der Waals surface area contributed by atoms with Gasteiger partial charge in [0.25, 0.3) is 0 Å². The van der Waals surface area contributed by atoms with Gasteiger partial charge in [-0.15, -0.1) is 0 Å². The van der Waals surface area contributed by atoms with Gasteiger partial charge in [-0.25, -0.2) is 4.39 Å². The zero-order chi connectivity index (χ0) is 14.6. The van der Waals surface area contributed by atoms with Crippen molar-refractivity contribution >= 4 is 17.4 Å². The molecule has 1 aromatic rings. The van der Waals surface area contributed by atoms with Crippen molar-refractivity contribution in [2.45, 2.75) is 40.2 Å². The maximum Gasteiger partial charge on any atom is 0.166 e. The fourth-order valence-corrected chi connectivity index (χ4v) is 2.05. The zero-order valence-electron chi connectivity index (χ0n) is 11.8. The Kier molecular flexibility index (Phi) is 5.50. The summed E-state index contributed by atoms with van der Waals surface area (Å²) in [5, 5.41) is 0.0633. The van der Waals surface area contributed by atoms with Crippen LogP contribution in [0.3, 0.4) is 0 Å². The number of ether oxygens (including phenoxy) is 1. The van der Waals surface area contributed by atoms with E-state index < -0.39 is 11.9 Å². The van der Waals surface area contributed by atoms with Crippen molar-refractivity contribution in [2.24, 2.45) is 5.41 Å². The second-order valence-corrected chi connectivity index (χ2v) is 6.00. The lowest BCUT2D eigenvalue weighted by atomic mass is 9.84. The first-order valence-corrected chi connectivity index (χ1v) is 6.71. The van der Waals surface area contributed by atoms with Crippen molar-refractivity contribution in [3.8, 4) is 0 Å². The van der Waals surface area contributed by atoms with E-state index in [1.54, 1.807) is 6.07 Å². The van der Waals surface area contributed by atoms with Gasteiger partial charge in [0.1, 0.15) is 11.9 Å². The van der Waals surface area contributed by atoms with E-state index in [1.807, 2.05) is 27.7 Å². The van der Waals surface area contributed by atoms with E-state index in [4.69, 9.17) is 16.3 Å². The minimum Gasteiger partial charge on any atom is -0.370 e. The highest BCUT2D eigenvalue weighted by molar-refractivity contribution is 6.30. The van der Waals surface area contributed by atoms with Crippen LogP contribution in [0.4, 0.5) is 4.39 Å². The highest BCUT2D eigenvalue weighted by Crippen LogP contribution is 2.25. The molecule has 1 aromatic carbocycles. The molecule has 0 aliphatic carbocycles. The first-order valence-electron chi connectivity index (χ1n) is 6.34. The van der Waals surface area contributed by atoms with Crippen molar-refractivity contribution < 1.29 is 13.9 Å². The van der Waals surface area contributed by atoms with Crippen molar-refractivity contribution in [3.05, 3.63) is 34.6 Å². The van der Waals surface area contributed by atoms with E-state index in [0.717, 1.165) is 0 Å². The molecule has 0 heterocycles. The van der Waals surface area contributed by atoms with Crippen LogP contribution in [0.15, 0.2) is 18.2 Å². The Morgan fingerprint density at radius 1 is 1.42 bits per heavy atom. The molecule has 0 fully saturated rings. The number of ketones is 1. The maximum absolute atomic E-state index is 13.3. The van der Waals surface area contributed by atoms with E-state index in [9.17, 15) is 9.18 Å². The summed E-state index contributed by atoms with van der Waals surface area (Å²) in [6.07, 6.45) is -0.341.